The van der Waals surface area contributed by atoms with Crippen molar-refractivity contribution in [3.63, 3.8) is 0 Å². The van der Waals surface area contributed by atoms with Gasteiger partial charge in [-0.3, -0.25) is 14.3 Å². The number of esters is 1. The molecule has 29 heavy (non-hydrogen) atoms. The van der Waals surface area contributed by atoms with E-state index in [-0.39, 0.29) is 23.7 Å². The van der Waals surface area contributed by atoms with Crippen LogP contribution in [0.5, 0.6) is 5.75 Å². The summed E-state index contributed by atoms with van der Waals surface area (Å²) in [5.41, 5.74) is 3.60. The third kappa shape index (κ3) is 4.13. The average molecular weight is 397 g/mol. The van der Waals surface area contributed by atoms with E-state index in [0.29, 0.717) is 32.0 Å². The van der Waals surface area contributed by atoms with Crippen molar-refractivity contribution in [2.75, 3.05) is 19.8 Å². The van der Waals surface area contributed by atoms with Crippen LogP contribution in [-0.2, 0) is 29.5 Å². The first-order valence-corrected chi connectivity index (χ1v) is 10.2. The second kappa shape index (κ2) is 7.89. The Morgan fingerprint density at radius 2 is 2.17 bits per heavy atom. The first kappa shape index (κ1) is 19.5. The van der Waals surface area contributed by atoms with Gasteiger partial charge in [0, 0.05) is 32.3 Å². The fraction of sp³-hybridized carbons (Fsp3) is 0.500. The first-order chi connectivity index (χ1) is 14.0. The number of benzene rings is 1. The van der Waals surface area contributed by atoms with Gasteiger partial charge in [-0.2, -0.15) is 5.10 Å². The molecular weight excluding hydrogens is 370 g/mol. The van der Waals surface area contributed by atoms with Gasteiger partial charge in [-0.25, -0.2) is 0 Å². The van der Waals surface area contributed by atoms with Crippen LogP contribution >= 0.6 is 0 Å². The number of fused-ring (bicyclic) bond motifs is 1. The van der Waals surface area contributed by atoms with E-state index in [9.17, 15) is 9.59 Å². The maximum Gasteiger partial charge on any atom is 0.309 e. The van der Waals surface area contributed by atoms with Gasteiger partial charge in [0.05, 0.1) is 19.1 Å². The summed E-state index contributed by atoms with van der Waals surface area (Å²) in [5.74, 6) is 0.689. The second-order valence-electron chi connectivity index (χ2n) is 7.88. The number of aryl methyl sites for hydroxylation is 2. The summed E-state index contributed by atoms with van der Waals surface area (Å²) < 4.78 is 12.4. The number of aromatic nitrogens is 2. The summed E-state index contributed by atoms with van der Waals surface area (Å²) >= 11 is 0. The minimum absolute atomic E-state index is 0.107. The van der Waals surface area contributed by atoms with Crippen LogP contribution in [0, 0.1) is 18.8 Å². The lowest BCUT2D eigenvalue weighted by atomic mass is 10.1. The van der Waals surface area contributed by atoms with Crippen LogP contribution in [0.1, 0.15) is 40.7 Å². The monoisotopic (exact) mass is 397 g/mol. The molecule has 0 spiro atoms. The second-order valence-corrected chi connectivity index (χ2v) is 7.88. The van der Waals surface area contributed by atoms with Crippen LogP contribution in [0.25, 0.3) is 0 Å². The lowest BCUT2D eigenvalue weighted by molar-refractivity contribution is -0.145. The summed E-state index contributed by atoms with van der Waals surface area (Å²) in [6, 6.07) is 7.90. The summed E-state index contributed by atoms with van der Waals surface area (Å²) in [5, 5.41) is 4.36. The molecule has 2 atom stereocenters. The van der Waals surface area contributed by atoms with Gasteiger partial charge in [0.1, 0.15) is 5.75 Å². The predicted octanol–water partition coefficient (Wildman–Crippen LogP) is 2.51. The van der Waals surface area contributed by atoms with E-state index in [4.69, 9.17) is 9.47 Å². The molecule has 154 valence electrons. The molecule has 0 bridgehead atoms. The fourth-order valence-electron chi connectivity index (χ4n) is 3.88. The van der Waals surface area contributed by atoms with Crippen molar-refractivity contribution < 1.29 is 19.1 Å². The largest absolute Gasteiger partial charge is 0.493 e. The van der Waals surface area contributed by atoms with E-state index in [0.717, 1.165) is 29.8 Å². The summed E-state index contributed by atoms with van der Waals surface area (Å²) in [4.78, 5) is 27.0. The smallest absolute Gasteiger partial charge is 0.309 e. The molecule has 4 rings (SSSR count). The van der Waals surface area contributed by atoms with Crippen molar-refractivity contribution in [3.8, 4) is 5.75 Å². The molecule has 1 aromatic carbocycles. The Labute approximate surface area is 170 Å². The third-order valence-electron chi connectivity index (χ3n) is 5.71. The number of ether oxygens (including phenoxy) is 2. The van der Waals surface area contributed by atoms with Crippen LogP contribution in [-0.4, -0.2) is 46.3 Å². The van der Waals surface area contributed by atoms with E-state index in [2.05, 4.69) is 11.2 Å². The highest BCUT2D eigenvalue weighted by atomic mass is 16.5. The zero-order valence-corrected chi connectivity index (χ0v) is 17.2. The van der Waals surface area contributed by atoms with Gasteiger partial charge in [-0.05, 0) is 49.4 Å². The molecule has 1 fully saturated rings. The standard InChI is InChI=1S/C22H27N3O4/c1-4-28-22(27)18-11-17(18)13-25(21(26)19-9-14(2)24(3)23-19)12-15-5-6-20-16(10-15)7-8-29-20/h5-6,9-10,17-18H,4,7-8,11-13H2,1-3H3/t17-,18+/m0/s1. The van der Waals surface area contributed by atoms with Gasteiger partial charge in [-0.1, -0.05) is 12.1 Å². The molecule has 0 radical (unpaired) electrons. The Morgan fingerprint density at radius 3 is 2.90 bits per heavy atom. The van der Waals surface area contributed by atoms with E-state index < -0.39 is 0 Å². The van der Waals surface area contributed by atoms with Crippen molar-refractivity contribution in [3.05, 3.63) is 46.8 Å². The Bertz CT molecular complexity index is 917. The van der Waals surface area contributed by atoms with Gasteiger partial charge in [-0.15, -0.1) is 0 Å². The van der Waals surface area contributed by atoms with Gasteiger partial charge in [0.15, 0.2) is 5.69 Å². The van der Waals surface area contributed by atoms with Crippen LogP contribution in [0.15, 0.2) is 24.3 Å². The first-order valence-electron chi connectivity index (χ1n) is 10.2. The van der Waals surface area contributed by atoms with Gasteiger partial charge in [0.2, 0.25) is 0 Å². The number of carbonyl (C=O) groups is 2. The molecule has 7 nitrogen and oxygen atoms in total. The maximum absolute atomic E-state index is 13.2. The Morgan fingerprint density at radius 1 is 1.34 bits per heavy atom. The highest BCUT2D eigenvalue weighted by Gasteiger charge is 2.45. The van der Waals surface area contributed by atoms with E-state index >= 15 is 0 Å². The lowest BCUT2D eigenvalue weighted by Gasteiger charge is -2.22. The zero-order chi connectivity index (χ0) is 20.5. The molecule has 1 aliphatic carbocycles. The molecule has 0 unspecified atom stereocenters. The number of carbonyl (C=O) groups excluding carboxylic acids is 2. The SMILES string of the molecule is CCOC(=O)[C@@H]1C[C@H]1CN(Cc1ccc2c(c1)CCO2)C(=O)c1cc(C)n(C)n1. The molecule has 2 aromatic rings. The molecule has 2 aliphatic rings. The Hall–Kier alpha value is -2.83. The molecule has 0 saturated heterocycles. The number of hydrogen-bond acceptors (Lipinski definition) is 5. The highest BCUT2D eigenvalue weighted by molar-refractivity contribution is 5.92. The molecule has 1 aliphatic heterocycles. The molecule has 1 saturated carbocycles. The highest BCUT2D eigenvalue weighted by Crippen LogP contribution is 2.40. The van der Waals surface area contributed by atoms with Crippen molar-refractivity contribution in [1.82, 2.24) is 14.7 Å². The molecular formula is C22H27N3O4. The summed E-state index contributed by atoms with van der Waals surface area (Å²) in [6.45, 7) is 5.82. The molecule has 2 heterocycles. The Balaban J connectivity index is 1.52. The Kier molecular flexibility index (Phi) is 5.30. The van der Waals surface area contributed by atoms with Gasteiger partial charge >= 0.3 is 5.97 Å². The van der Waals surface area contributed by atoms with Crippen LogP contribution < -0.4 is 4.74 Å². The van der Waals surface area contributed by atoms with Crippen molar-refractivity contribution in [2.24, 2.45) is 18.9 Å². The molecule has 0 N–H and O–H groups in total. The number of rotatable bonds is 7. The van der Waals surface area contributed by atoms with Crippen LogP contribution in [0.2, 0.25) is 0 Å². The third-order valence-corrected chi connectivity index (χ3v) is 5.71. The maximum atomic E-state index is 13.2. The van der Waals surface area contributed by atoms with Crippen molar-refractivity contribution >= 4 is 11.9 Å². The predicted molar refractivity (Wildman–Crippen MR) is 107 cm³/mol. The zero-order valence-electron chi connectivity index (χ0n) is 17.2. The molecule has 7 heteroatoms. The van der Waals surface area contributed by atoms with E-state index in [1.54, 1.807) is 4.68 Å². The number of nitrogens with zero attached hydrogens (tertiary/aromatic N) is 3. The van der Waals surface area contributed by atoms with Crippen molar-refractivity contribution in [1.29, 1.82) is 0 Å². The lowest BCUT2D eigenvalue weighted by Crippen LogP contribution is -2.33. The average Bonchev–Trinajstić information content (AvgIpc) is 3.16. The normalized spacial score (nSPS) is 19.4. The summed E-state index contributed by atoms with van der Waals surface area (Å²) in [6.07, 6.45) is 1.66. The minimum atomic E-state index is -0.159. The van der Waals surface area contributed by atoms with E-state index in [1.807, 2.05) is 44.0 Å². The number of amides is 1. The topological polar surface area (TPSA) is 73.7 Å². The number of hydrogen-bond donors (Lipinski definition) is 0. The van der Waals surface area contributed by atoms with E-state index in [1.165, 1.54) is 5.56 Å². The van der Waals surface area contributed by atoms with Gasteiger partial charge < -0.3 is 14.4 Å². The van der Waals surface area contributed by atoms with Gasteiger partial charge in [0.25, 0.3) is 5.91 Å². The summed E-state index contributed by atoms with van der Waals surface area (Å²) in [7, 11) is 1.83. The quantitative estimate of drug-likeness (QED) is 0.671. The van der Waals surface area contributed by atoms with Crippen LogP contribution in [0.4, 0.5) is 0 Å². The molecule has 1 aromatic heterocycles. The minimum Gasteiger partial charge on any atom is -0.493 e. The van der Waals surface area contributed by atoms with Crippen molar-refractivity contribution in [2.45, 2.75) is 33.2 Å². The fourth-order valence-corrected chi connectivity index (χ4v) is 3.88. The molecule has 1 amide bonds. The van der Waals surface area contributed by atoms with Crippen LogP contribution in [0.3, 0.4) is 0 Å².